The van der Waals surface area contributed by atoms with E-state index in [4.69, 9.17) is 0 Å². The van der Waals surface area contributed by atoms with Crippen LogP contribution in [0, 0.1) is 6.92 Å². The average molecular weight is 312 g/mol. The van der Waals surface area contributed by atoms with Gasteiger partial charge in [0.2, 0.25) is 0 Å². The number of aryl methyl sites for hydroxylation is 2. The van der Waals surface area contributed by atoms with Gasteiger partial charge in [0.25, 0.3) is 11.5 Å². The first-order valence-corrected chi connectivity index (χ1v) is 7.52. The predicted octanol–water partition coefficient (Wildman–Crippen LogP) is 0.404. The number of rotatable bonds is 3. The summed E-state index contributed by atoms with van der Waals surface area (Å²) in [5.74, 6) is 0.767. The zero-order valence-corrected chi connectivity index (χ0v) is 12.7. The van der Waals surface area contributed by atoms with Crippen LogP contribution in [0.1, 0.15) is 34.1 Å². The van der Waals surface area contributed by atoms with Crippen LogP contribution < -0.4 is 10.9 Å². The summed E-state index contributed by atoms with van der Waals surface area (Å²) in [6, 6.07) is 1.49. The normalized spacial score (nSPS) is 13.4. The standard InChI is InChI=1S/C15H16N6O2/c1-9-8-21-12(15(23)18-9)5-11(19-21)14(22)17-7-10-6-16-13-3-2-4-20(10)13/h5-6,8H,2-4,7H2,1H3,(H,17,22)(H,18,23). The smallest absolute Gasteiger partial charge is 0.274 e. The van der Waals surface area contributed by atoms with Crippen LogP contribution in [0.3, 0.4) is 0 Å². The summed E-state index contributed by atoms with van der Waals surface area (Å²) in [5, 5.41) is 7.01. The van der Waals surface area contributed by atoms with Crippen molar-refractivity contribution in [3.63, 3.8) is 0 Å². The Labute approximate surface area is 131 Å². The van der Waals surface area contributed by atoms with Crippen molar-refractivity contribution in [3.8, 4) is 0 Å². The number of carbonyl (C=O) groups excluding carboxylic acids is 1. The van der Waals surface area contributed by atoms with E-state index >= 15 is 0 Å². The highest BCUT2D eigenvalue weighted by Gasteiger charge is 2.17. The van der Waals surface area contributed by atoms with Gasteiger partial charge in [0.15, 0.2) is 5.69 Å². The van der Waals surface area contributed by atoms with Crippen LogP contribution in [-0.4, -0.2) is 30.1 Å². The van der Waals surface area contributed by atoms with Gasteiger partial charge in [-0.05, 0) is 13.3 Å². The minimum Gasteiger partial charge on any atom is -0.345 e. The molecule has 4 heterocycles. The van der Waals surface area contributed by atoms with Crippen molar-refractivity contribution in [3.05, 3.63) is 51.7 Å². The number of amides is 1. The molecule has 1 amide bonds. The molecule has 23 heavy (non-hydrogen) atoms. The number of imidazole rings is 1. The van der Waals surface area contributed by atoms with E-state index in [9.17, 15) is 9.59 Å². The maximum Gasteiger partial charge on any atom is 0.274 e. The Morgan fingerprint density at radius 1 is 1.48 bits per heavy atom. The summed E-state index contributed by atoms with van der Waals surface area (Å²) in [6.07, 6.45) is 5.56. The van der Waals surface area contributed by atoms with E-state index in [2.05, 4.69) is 25.0 Å². The molecule has 1 aliphatic rings. The van der Waals surface area contributed by atoms with Crippen LogP contribution in [0.15, 0.2) is 23.3 Å². The van der Waals surface area contributed by atoms with Crippen molar-refractivity contribution < 1.29 is 4.79 Å². The van der Waals surface area contributed by atoms with Crippen molar-refractivity contribution in [2.24, 2.45) is 0 Å². The van der Waals surface area contributed by atoms with Crippen molar-refractivity contribution >= 4 is 11.4 Å². The maximum absolute atomic E-state index is 12.3. The van der Waals surface area contributed by atoms with Gasteiger partial charge in [-0.3, -0.25) is 9.59 Å². The fourth-order valence-corrected chi connectivity index (χ4v) is 2.96. The second-order valence-corrected chi connectivity index (χ2v) is 5.73. The lowest BCUT2D eigenvalue weighted by atomic mass is 10.3. The SMILES string of the molecule is Cc1cn2nc(C(=O)NCc3cnc4n3CCC4)cc2c(=O)[nH]1. The number of nitrogens with one attached hydrogen (secondary N) is 2. The molecule has 3 aromatic rings. The molecule has 0 unspecified atom stereocenters. The Morgan fingerprint density at radius 3 is 3.22 bits per heavy atom. The molecular formula is C15H16N6O2. The zero-order valence-electron chi connectivity index (χ0n) is 12.7. The first kappa shape index (κ1) is 13.7. The van der Waals surface area contributed by atoms with Gasteiger partial charge in [0.1, 0.15) is 11.3 Å². The second kappa shape index (κ2) is 5.08. The number of aromatic nitrogens is 5. The van der Waals surface area contributed by atoms with Gasteiger partial charge in [-0.2, -0.15) is 5.10 Å². The van der Waals surface area contributed by atoms with Gasteiger partial charge in [0, 0.05) is 30.9 Å². The highest BCUT2D eigenvalue weighted by atomic mass is 16.2. The maximum atomic E-state index is 12.3. The van der Waals surface area contributed by atoms with E-state index < -0.39 is 0 Å². The van der Waals surface area contributed by atoms with Crippen LogP contribution in [0.25, 0.3) is 5.52 Å². The van der Waals surface area contributed by atoms with E-state index in [1.807, 2.05) is 0 Å². The van der Waals surface area contributed by atoms with E-state index in [1.54, 1.807) is 19.3 Å². The molecule has 0 saturated heterocycles. The molecule has 4 rings (SSSR count). The van der Waals surface area contributed by atoms with Crippen LogP contribution in [0.4, 0.5) is 0 Å². The molecule has 3 aromatic heterocycles. The number of aromatic amines is 1. The van der Waals surface area contributed by atoms with Crippen LogP contribution in [0.5, 0.6) is 0 Å². The van der Waals surface area contributed by atoms with Crippen LogP contribution in [0.2, 0.25) is 0 Å². The van der Waals surface area contributed by atoms with E-state index in [-0.39, 0.29) is 17.2 Å². The number of H-pyrrole nitrogens is 1. The van der Waals surface area contributed by atoms with E-state index in [1.165, 1.54) is 10.6 Å². The number of carbonyl (C=O) groups is 1. The summed E-state index contributed by atoms with van der Waals surface area (Å²) in [7, 11) is 0. The molecule has 2 N–H and O–H groups in total. The molecule has 0 fully saturated rings. The highest BCUT2D eigenvalue weighted by Crippen LogP contribution is 2.15. The Hall–Kier alpha value is -2.90. The third kappa shape index (κ3) is 2.32. The fraction of sp³-hybridized carbons (Fsp3) is 0.333. The van der Waals surface area contributed by atoms with Crippen molar-refractivity contribution in [2.45, 2.75) is 32.9 Å². The highest BCUT2D eigenvalue weighted by molar-refractivity contribution is 5.93. The molecule has 8 heteroatoms. The number of nitrogens with zero attached hydrogens (tertiary/aromatic N) is 4. The van der Waals surface area contributed by atoms with Gasteiger partial charge >= 0.3 is 0 Å². The first-order valence-electron chi connectivity index (χ1n) is 7.52. The van der Waals surface area contributed by atoms with Crippen LogP contribution in [-0.2, 0) is 19.5 Å². The summed E-state index contributed by atoms with van der Waals surface area (Å²) in [6.45, 7) is 3.11. The third-order valence-electron chi connectivity index (χ3n) is 4.06. The molecule has 0 bridgehead atoms. The molecule has 0 saturated carbocycles. The number of hydrogen-bond donors (Lipinski definition) is 2. The van der Waals surface area contributed by atoms with Gasteiger partial charge in [-0.1, -0.05) is 0 Å². The molecule has 8 nitrogen and oxygen atoms in total. The van der Waals surface area contributed by atoms with Gasteiger partial charge in [-0.25, -0.2) is 9.50 Å². The second-order valence-electron chi connectivity index (χ2n) is 5.73. The van der Waals surface area contributed by atoms with Gasteiger partial charge in [0.05, 0.1) is 18.4 Å². The topological polar surface area (TPSA) is 97.1 Å². The van der Waals surface area contributed by atoms with Crippen LogP contribution >= 0.6 is 0 Å². The molecule has 0 aromatic carbocycles. The first-order chi connectivity index (χ1) is 11.1. The Morgan fingerprint density at radius 2 is 2.35 bits per heavy atom. The van der Waals surface area contributed by atoms with Crippen molar-refractivity contribution in [1.29, 1.82) is 0 Å². The Balaban J connectivity index is 1.55. The summed E-state index contributed by atoms with van der Waals surface area (Å²) < 4.78 is 3.57. The molecule has 118 valence electrons. The van der Waals surface area contributed by atoms with E-state index in [0.29, 0.717) is 17.8 Å². The lowest BCUT2D eigenvalue weighted by Crippen LogP contribution is -2.24. The molecule has 0 radical (unpaired) electrons. The Bertz CT molecular complexity index is 964. The minimum absolute atomic E-state index is 0.224. The monoisotopic (exact) mass is 312 g/mol. The third-order valence-corrected chi connectivity index (χ3v) is 4.06. The largest absolute Gasteiger partial charge is 0.345 e. The summed E-state index contributed by atoms with van der Waals surface area (Å²) in [5.41, 5.74) is 1.99. The lowest BCUT2D eigenvalue weighted by Gasteiger charge is -2.05. The molecule has 1 aliphatic heterocycles. The fourth-order valence-electron chi connectivity index (χ4n) is 2.96. The van der Waals surface area contributed by atoms with Crippen molar-refractivity contribution in [1.82, 2.24) is 29.5 Å². The number of hydrogen-bond acceptors (Lipinski definition) is 4. The van der Waals surface area contributed by atoms with Crippen molar-refractivity contribution in [2.75, 3.05) is 0 Å². The quantitative estimate of drug-likeness (QED) is 0.731. The average Bonchev–Trinajstić information content (AvgIpc) is 3.19. The molecule has 0 spiro atoms. The van der Waals surface area contributed by atoms with Gasteiger partial charge in [-0.15, -0.1) is 0 Å². The van der Waals surface area contributed by atoms with Gasteiger partial charge < -0.3 is 14.9 Å². The minimum atomic E-state index is -0.306. The van der Waals surface area contributed by atoms with E-state index in [0.717, 1.165) is 30.9 Å². The zero-order chi connectivity index (χ0) is 16.0. The predicted molar refractivity (Wildman–Crippen MR) is 82.3 cm³/mol. The summed E-state index contributed by atoms with van der Waals surface area (Å²) >= 11 is 0. The summed E-state index contributed by atoms with van der Waals surface area (Å²) in [4.78, 5) is 31.2. The molecular weight excluding hydrogens is 296 g/mol. The Kier molecular flexibility index (Phi) is 3.03. The molecule has 0 aliphatic carbocycles. The lowest BCUT2D eigenvalue weighted by molar-refractivity contribution is 0.0944. The molecule has 0 atom stereocenters. The number of fused-ring (bicyclic) bond motifs is 2.